The first-order valence-corrected chi connectivity index (χ1v) is 7.93. The van der Waals surface area contributed by atoms with E-state index in [0.29, 0.717) is 18.7 Å². The number of rotatable bonds is 7. The van der Waals surface area contributed by atoms with Crippen molar-refractivity contribution in [1.29, 1.82) is 0 Å². The lowest BCUT2D eigenvalue weighted by Crippen LogP contribution is -2.43. The highest BCUT2D eigenvalue weighted by Crippen LogP contribution is 2.25. The van der Waals surface area contributed by atoms with Gasteiger partial charge in [0.25, 0.3) is 5.91 Å². The van der Waals surface area contributed by atoms with Gasteiger partial charge in [-0.25, -0.2) is 0 Å². The molecule has 0 aliphatic rings. The molecule has 5 nitrogen and oxygen atoms in total. The average molecular weight is 320 g/mol. The Kier molecular flexibility index (Phi) is 6.76. The molecule has 2 amide bonds. The molecule has 0 radical (unpaired) electrons. The Labute approximate surface area is 138 Å². The van der Waals surface area contributed by atoms with Crippen molar-refractivity contribution in [2.24, 2.45) is 11.3 Å². The molecule has 1 atom stereocenters. The van der Waals surface area contributed by atoms with Crippen molar-refractivity contribution in [3.8, 4) is 0 Å². The largest absolute Gasteiger partial charge is 0.392 e. The van der Waals surface area contributed by atoms with Crippen molar-refractivity contribution < 1.29 is 14.7 Å². The molecule has 0 spiro atoms. The molecule has 0 heterocycles. The molecule has 1 rings (SSSR count). The lowest BCUT2D eigenvalue weighted by atomic mass is 9.80. The highest BCUT2D eigenvalue weighted by atomic mass is 16.3. The van der Waals surface area contributed by atoms with Crippen LogP contribution in [0.4, 0.5) is 0 Å². The number of nitrogens with one attached hydrogen (secondary N) is 2. The summed E-state index contributed by atoms with van der Waals surface area (Å²) in [4.78, 5) is 23.1. The van der Waals surface area contributed by atoms with E-state index in [1.54, 1.807) is 12.1 Å². The first-order chi connectivity index (χ1) is 10.6. The fourth-order valence-electron chi connectivity index (χ4n) is 2.42. The molecule has 0 aliphatic heterocycles. The number of hydrogen-bond acceptors (Lipinski definition) is 3. The van der Waals surface area contributed by atoms with E-state index in [1.165, 1.54) is 6.92 Å². The Morgan fingerprint density at radius 3 is 2.17 bits per heavy atom. The minimum absolute atomic E-state index is 0.0854. The van der Waals surface area contributed by atoms with Crippen LogP contribution in [-0.4, -0.2) is 29.6 Å². The molecule has 0 fully saturated rings. The van der Waals surface area contributed by atoms with Crippen molar-refractivity contribution in [2.45, 2.75) is 47.3 Å². The fraction of sp³-hybridized carbons (Fsp3) is 0.556. The SMILES string of the molecule is CC(=O)NCc1ccc(C(=O)NCC(C)(C)C(O)C(C)C)cc1. The van der Waals surface area contributed by atoms with Gasteiger partial charge < -0.3 is 15.7 Å². The Balaban J connectivity index is 2.59. The minimum Gasteiger partial charge on any atom is -0.392 e. The molecule has 1 aromatic carbocycles. The van der Waals surface area contributed by atoms with Crippen molar-refractivity contribution in [3.05, 3.63) is 35.4 Å². The van der Waals surface area contributed by atoms with Crippen LogP contribution in [0.1, 0.15) is 50.5 Å². The summed E-state index contributed by atoms with van der Waals surface area (Å²) in [5.74, 6) is -0.118. The van der Waals surface area contributed by atoms with Gasteiger partial charge in [0.05, 0.1) is 6.10 Å². The smallest absolute Gasteiger partial charge is 0.251 e. The van der Waals surface area contributed by atoms with Crippen LogP contribution < -0.4 is 10.6 Å². The van der Waals surface area contributed by atoms with Crippen LogP contribution in [0, 0.1) is 11.3 Å². The number of aliphatic hydroxyl groups is 1. The van der Waals surface area contributed by atoms with Gasteiger partial charge in [-0.1, -0.05) is 39.8 Å². The molecule has 0 aromatic heterocycles. The topological polar surface area (TPSA) is 78.4 Å². The summed E-state index contributed by atoms with van der Waals surface area (Å²) in [6.45, 7) is 10.1. The van der Waals surface area contributed by atoms with Gasteiger partial charge in [-0.05, 0) is 23.6 Å². The van der Waals surface area contributed by atoms with Crippen LogP contribution in [0.5, 0.6) is 0 Å². The molecule has 0 bridgehead atoms. The predicted octanol–water partition coefficient (Wildman–Crippen LogP) is 2.10. The van der Waals surface area contributed by atoms with Crippen LogP contribution >= 0.6 is 0 Å². The number of aliphatic hydroxyl groups excluding tert-OH is 1. The Morgan fingerprint density at radius 1 is 1.13 bits per heavy atom. The maximum atomic E-state index is 12.2. The zero-order chi connectivity index (χ0) is 17.6. The van der Waals surface area contributed by atoms with Crippen LogP contribution in [-0.2, 0) is 11.3 Å². The van der Waals surface area contributed by atoms with E-state index >= 15 is 0 Å². The zero-order valence-electron chi connectivity index (χ0n) is 14.6. The first kappa shape index (κ1) is 19.2. The molecular formula is C18H28N2O3. The molecular weight excluding hydrogens is 292 g/mol. The number of carbonyl (C=O) groups excluding carboxylic acids is 2. The Bertz CT molecular complexity index is 536. The summed E-state index contributed by atoms with van der Waals surface area (Å²) < 4.78 is 0. The number of carbonyl (C=O) groups is 2. The molecule has 0 saturated heterocycles. The minimum atomic E-state index is -0.483. The van der Waals surface area contributed by atoms with Gasteiger partial charge in [0, 0.05) is 31.0 Å². The normalized spacial score (nSPS) is 12.8. The van der Waals surface area contributed by atoms with E-state index in [-0.39, 0.29) is 17.7 Å². The molecule has 1 unspecified atom stereocenters. The van der Waals surface area contributed by atoms with E-state index < -0.39 is 11.5 Å². The summed E-state index contributed by atoms with van der Waals surface area (Å²) in [6.07, 6.45) is -0.483. The van der Waals surface area contributed by atoms with Crippen molar-refractivity contribution in [2.75, 3.05) is 6.54 Å². The molecule has 128 valence electrons. The molecule has 3 N–H and O–H groups in total. The van der Waals surface area contributed by atoms with Crippen molar-refractivity contribution in [1.82, 2.24) is 10.6 Å². The lowest BCUT2D eigenvalue weighted by molar-refractivity contribution is -0.119. The monoisotopic (exact) mass is 320 g/mol. The third-order valence-corrected chi connectivity index (χ3v) is 3.89. The van der Waals surface area contributed by atoms with E-state index in [1.807, 2.05) is 39.8 Å². The molecule has 0 aliphatic carbocycles. The standard InChI is InChI=1S/C18H28N2O3/c1-12(2)16(22)18(4,5)11-20-17(23)15-8-6-14(7-9-15)10-19-13(3)21/h6-9,12,16,22H,10-11H2,1-5H3,(H,19,21)(H,20,23). The third kappa shape index (κ3) is 6.02. The maximum absolute atomic E-state index is 12.2. The van der Waals surface area contributed by atoms with Crippen LogP contribution in [0.15, 0.2) is 24.3 Å². The molecule has 5 heteroatoms. The summed E-state index contributed by atoms with van der Waals surface area (Å²) in [6, 6.07) is 7.11. The molecule has 0 saturated carbocycles. The van der Waals surface area contributed by atoms with Crippen LogP contribution in [0.3, 0.4) is 0 Å². The van der Waals surface area contributed by atoms with E-state index in [9.17, 15) is 14.7 Å². The quantitative estimate of drug-likeness (QED) is 0.720. The van der Waals surface area contributed by atoms with Gasteiger partial charge in [0.1, 0.15) is 0 Å². The number of amides is 2. The van der Waals surface area contributed by atoms with Crippen LogP contribution in [0.25, 0.3) is 0 Å². The highest BCUT2D eigenvalue weighted by Gasteiger charge is 2.30. The van der Waals surface area contributed by atoms with Gasteiger partial charge in [-0.2, -0.15) is 0 Å². The number of hydrogen-bond donors (Lipinski definition) is 3. The Morgan fingerprint density at radius 2 is 1.70 bits per heavy atom. The van der Waals surface area contributed by atoms with Gasteiger partial charge >= 0.3 is 0 Å². The van der Waals surface area contributed by atoms with Gasteiger partial charge in [-0.3, -0.25) is 9.59 Å². The number of benzene rings is 1. The van der Waals surface area contributed by atoms with Crippen molar-refractivity contribution in [3.63, 3.8) is 0 Å². The van der Waals surface area contributed by atoms with E-state index in [2.05, 4.69) is 10.6 Å². The summed E-state index contributed by atoms with van der Waals surface area (Å²) in [7, 11) is 0. The molecule has 1 aromatic rings. The summed E-state index contributed by atoms with van der Waals surface area (Å²) in [5, 5.41) is 15.8. The van der Waals surface area contributed by atoms with Gasteiger partial charge in [0.2, 0.25) is 5.91 Å². The fourth-order valence-corrected chi connectivity index (χ4v) is 2.42. The van der Waals surface area contributed by atoms with Crippen LogP contribution in [0.2, 0.25) is 0 Å². The summed E-state index contributed by atoms with van der Waals surface area (Å²) in [5.41, 5.74) is 1.11. The summed E-state index contributed by atoms with van der Waals surface area (Å²) >= 11 is 0. The first-order valence-electron chi connectivity index (χ1n) is 7.93. The Hall–Kier alpha value is -1.88. The lowest BCUT2D eigenvalue weighted by Gasteiger charge is -2.33. The maximum Gasteiger partial charge on any atom is 0.251 e. The van der Waals surface area contributed by atoms with Gasteiger partial charge in [-0.15, -0.1) is 0 Å². The second kappa shape index (κ2) is 8.11. The second-order valence-corrected chi connectivity index (χ2v) is 6.97. The second-order valence-electron chi connectivity index (χ2n) is 6.97. The highest BCUT2D eigenvalue weighted by molar-refractivity contribution is 5.94. The van der Waals surface area contributed by atoms with Gasteiger partial charge in [0.15, 0.2) is 0 Å². The zero-order valence-corrected chi connectivity index (χ0v) is 14.6. The van der Waals surface area contributed by atoms with E-state index in [4.69, 9.17) is 0 Å². The van der Waals surface area contributed by atoms with E-state index in [0.717, 1.165) is 5.56 Å². The third-order valence-electron chi connectivity index (χ3n) is 3.89. The predicted molar refractivity (Wildman–Crippen MR) is 90.9 cm³/mol. The molecule has 23 heavy (non-hydrogen) atoms. The van der Waals surface area contributed by atoms with Crippen molar-refractivity contribution >= 4 is 11.8 Å². The average Bonchev–Trinajstić information content (AvgIpc) is 2.50.